The molecule has 3 N–H and O–H groups in total. The van der Waals surface area contributed by atoms with Gasteiger partial charge in [-0.05, 0) is 31.1 Å². The van der Waals surface area contributed by atoms with Gasteiger partial charge in [-0.25, -0.2) is 0 Å². The zero-order valence-corrected chi connectivity index (χ0v) is 10.4. The monoisotopic (exact) mass is 238 g/mol. The highest BCUT2D eigenvalue weighted by Gasteiger charge is 2.49. The Balaban J connectivity index is 1.56. The summed E-state index contributed by atoms with van der Waals surface area (Å²) in [6.07, 6.45) is 3.58. The Hall–Kier alpha value is -0.610. The van der Waals surface area contributed by atoms with Gasteiger partial charge in [-0.1, -0.05) is 6.92 Å². The van der Waals surface area contributed by atoms with Gasteiger partial charge in [0, 0.05) is 18.0 Å². The van der Waals surface area contributed by atoms with Crippen LogP contribution in [0.15, 0.2) is 0 Å². The van der Waals surface area contributed by atoms with Gasteiger partial charge in [-0.3, -0.25) is 4.79 Å². The van der Waals surface area contributed by atoms with Crippen LogP contribution < -0.4 is 11.1 Å². The molecule has 3 rings (SSSR count). The molecule has 2 saturated carbocycles. The predicted octanol–water partition coefficient (Wildman–Crippen LogP) is 0.513. The van der Waals surface area contributed by atoms with Crippen LogP contribution in [-0.4, -0.2) is 31.7 Å². The van der Waals surface area contributed by atoms with Crippen molar-refractivity contribution in [1.82, 2.24) is 5.32 Å². The number of hydrogen-bond acceptors (Lipinski definition) is 3. The van der Waals surface area contributed by atoms with Crippen LogP contribution in [0.5, 0.6) is 0 Å². The molecule has 1 heterocycles. The molecule has 1 saturated heterocycles. The Morgan fingerprint density at radius 3 is 2.65 bits per heavy atom. The lowest BCUT2D eigenvalue weighted by atomic mass is 9.83. The van der Waals surface area contributed by atoms with Gasteiger partial charge >= 0.3 is 0 Å². The molecule has 0 spiro atoms. The number of hydrogen-bond donors (Lipinski definition) is 2. The van der Waals surface area contributed by atoms with E-state index in [0.717, 1.165) is 19.8 Å². The van der Waals surface area contributed by atoms with Crippen molar-refractivity contribution in [2.45, 2.75) is 32.2 Å². The van der Waals surface area contributed by atoms with E-state index >= 15 is 0 Å². The van der Waals surface area contributed by atoms with Crippen molar-refractivity contribution in [1.29, 1.82) is 0 Å². The standard InChI is InChI=1S/C13H22N2O2/c1-13(6-17-7-13)5-15-12(16)10-8-2-3-9(4-8)11(10)14/h8-11H,2-7,14H2,1H3,(H,15,16). The maximum absolute atomic E-state index is 12.2. The lowest BCUT2D eigenvalue weighted by Crippen LogP contribution is -2.52. The van der Waals surface area contributed by atoms with Crippen LogP contribution in [0, 0.1) is 23.2 Å². The number of carbonyl (C=O) groups is 1. The van der Waals surface area contributed by atoms with E-state index in [1.807, 2.05) is 0 Å². The van der Waals surface area contributed by atoms with E-state index in [-0.39, 0.29) is 23.3 Å². The van der Waals surface area contributed by atoms with E-state index in [1.165, 1.54) is 19.3 Å². The van der Waals surface area contributed by atoms with Crippen LogP contribution in [0.2, 0.25) is 0 Å². The Morgan fingerprint density at radius 2 is 2.12 bits per heavy atom. The summed E-state index contributed by atoms with van der Waals surface area (Å²) >= 11 is 0. The first-order valence-electron chi connectivity index (χ1n) is 6.70. The van der Waals surface area contributed by atoms with Crippen LogP contribution in [0.25, 0.3) is 0 Å². The molecule has 4 atom stereocenters. The Bertz CT molecular complexity index is 325. The first-order chi connectivity index (χ1) is 8.09. The summed E-state index contributed by atoms with van der Waals surface area (Å²) in [5.41, 5.74) is 6.32. The van der Waals surface area contributed by atoms with Crippen LogP contribution in [-0.2, 0) is 9.53 Å². The molecule has 3 fully saturated rings. The van der Waals surface area contributed by atoms with Crippen LogP contribution in [0.1, 0.15) is 26.2 Å². The molecule has 0 radical (unpaired) electrons. The summed E-state index contributed by atoms with van der Waals surface area (Å²) in [6.45, 7) is 4.40. The zero-order chi connectivity index (χ0) is 12.0. The highest BCUT2D eigenvalue weighted by molar-refractivity contribution is 5.80. The molecule has 2 bridgehead atoms. The second kappa shape index (κ2) is 3.95. The molecule has 0 aromatic rings. The fourth-order valence-corrected chi connectivity index (χ4v) is 3.70. The van der Waals surface area contributed by atoms with E-state index in [9.17, 15) is 4.79 Å². The van der Waals surface area contributed by atoms with Crippen molar-refractivity contribution in [2.24, 2.45) is 28.9 Å². The van der Waals surface area contributed by atoms with Gasteiger partial charge in [0.1, 0.15) is 0 Å². The number of rotatable bonds is 3. The number of fused-ring (bicyclic) bond motifs is 2. The third kappa shape index (κ3) is 1.87. The van der Waals surface area contributed by atoms with Gasteiger partial charge in [-0.15, -0.1) is 0 Å². The second-order valence-corrected chi connectivity index (χ2v) is 6.46. The van der Waals surface area contributed by atoms with Gasteiger partial charge in [-0.2, -0.15) is 0 Å². The summed E-state index contributed by atoms with van der Waals surface area (Å²) < 4.78 is 5.19. The number of nitrogens with two attached hydrogens (primary N) is 1. The molecular weight excluding hydrogens is 216 g/mol. The van der Waals surface area contributed by atoms with Gasteiger partial charge in [0.15, 0.2) is 0 Å². The lowest BCUT2D eigenvalue weighted by Gasteiger charge is -2.38. The van der Waals surface area contributed by atoms with Crippen molar-refractivity contribution in [3.63, 3.8) is 0 Å². The van der Waals surface area contributed by atoms with Crippen molar-refractivity contribution >= 4 is 5.91 Å². The number of carbonyl (C=O) groups excluding carboxylic acids is 1. The van der Waals surface area contributed by atoms with Crippen molar-refractivity contribution in [2.75, 3.05) is 19.8 Å². The number of amides is 1. The summed E-state index contributed by atoms with van der Waals surface area (Å²) in [5.74, 6) is 1.38. The maximum Gasteiger partial charge on any atom is 0.224 e. The van der Waals surface area contributed by atoms with E-state index in [1.54, 1.807) is 0 Å². The highest BCUT2D eigenvalue weighted by atomic mass is 16.5. The number of ether oxygens (including phenoxy) is 1. The summed E-state index contributed by atoms with van der Waals surface area (Å²) in [7, 11) is 0. The minimum Gasteiger partial charge on any atom is -0.380 e. The largest absolute Gasteiger partial charge is 0.380 e. The van der Waals surface area contributed by atoms with Crippen LogP contribution >= 0.6 is 0 Å². The zero-order valence-electron chi connectivity index (χ0n) is 10.4. The van der Waals surface area contributed by atoms with Gasteiger partial charge in [0.05, 0.1) is 19.1 Å². The van der Waals surface area contributed by atoms with Crippen LogP contribution in [0.4, 0.5) is 0 Å². The molecule has 4 nitrogen and oxygen atoms in total. The third-order valence-electron chi connectivity index (χ3n) is 4.87. The highest BCUT2D eigenvalue weighted by Crippen LogP contribution is 2.47. The Morgan fingerprint density at radius 1 is 1.41 bits per heavy atom. The predicted molar refractivity (Wildman–Crippen MR) is 64.2 cm³/mol. The summed E-state index contributed by atoms with van der Waals surface area (Å²) in [6, 6.07) is 0.0965. The SMILES string of the molecule is CC1(CNC(=O)C2C3CCC(C3)C2N)COC1. The first kappa shape index (κ1) is 11.5. The quantitative estimate of drug-likeness (QED) is 0.753. The van der Waals surface area contributed by atoms with Gasteiger partial charge in [0.2, 0.25) is 5.91 Å². The van der Waals surface area contributed by atoms with E-state index in [0.29, 0.717) is 11.8 Å². The minimum atomic E-state index is 0.0679. The molecular formula is C13H22N2O2. The van der Waals surface area contributed by atoms with Crippen molar-refractivity contribution in [3.05, 3.63) is 0 Å². The molecule has 1 aliphatic heterocycles. The van der Waals surface area contributed by atoms with E-state index < -0.39 is 0 Å². The second-order valence-electron chi connectivity index (χ2n) is 6.46. The topological polar surface area (TPSA) is 64.4 Å². The van der Waals surface area contributed by atoms with Crippen LogP contribution in [0.3, 0.4) is 0 Å². The molecule has 0 aromatic heterocycles. The Labute approximate surface area is 102 Å². The summed E-state index contributed by atoms with van der Waals surface area (Å²) in [4.78, 5) is 12.2. The average molecular weight is 238 g/mol. The van der Waals surface area contributed by atoms with Gasteiger partial charge in [0.25, 0.3) is 0 Å². The molecule has 0 aromatic carbocycles. The molecule has 2 aliphatic carbocycles. The smallest absolute Gasteiger partial charge is 0.224 e. The van der Waals surface area contributed by atoms with Crippen molar-refractivity contribution < 1.29 is 9.53 Å². The molecule has 4 heteroatoms. The summed E-state index contributed by atoms with van der Waals surface area (Å²) in [5, 5.41) is 3.08. The molecule has 96 valence electrons. The van der Waals surface area contributed by atoms with Gasteiger partial charge < -0.3 is 15.8 Å². The molecule has 1 amide bonds. The first-order valence-corrected chi connectivity index (χ1v) is 6.70. The normalized spacial score (nSPS) is 42.2. The fraction of sp³-hybridized carbons (Fsp3) is 0.923. The third-order valence-corrected chi connectivity index (χ3v) is 4.87. The fourth-order valence-electron chi connectivity index (χ4n) is 3.70. The average Bonchev–Trinajstić information content (AvgIpc) is 2.83. The molecule has 4 unspecified atom stereocenters. The lowest BCUT2D eigenvalue weighted by molar-refractivity contribution is -0.132. The minimum absolute atomic E-state index is 0.0679. The van der Waals surface area contributed by atoms with E-state index in [2.05, 4.69) is 12.2 Å². The molecule has 17 heavy (non-hydrogen) atoms. The molecule has 3 aliphatic rings. The number of nitrogens with one attached hydrogen (secondary N) is 1. The van der Waals surface area contributed by atoms with Crippen molar-refractivity contribution in [3.8, 4) is 0 Å². The van der Waals surface area contributed by atoms with E-state index in [4.69, 9.17) is 10.5 Å². The maximum atomic E-state index is 12.2. The Kier molecular flexibility index (Phi) is 2.67.